The van der Waals surface area contributed by atoms with Gasteiger partial charge in [0.2, 0.25) is 0 Å². The van der Waals surface area contributed by atoms with E-state index in [4.69, 9.17) is 4.42 Å². The fourth-order valence-electron chi connectivity index (χ4n) is 5.67. The van der Waals surface area contributed by atoms with E-state index in [9.17, 15) is 20.1 Å². The summed E-state index contributed by atoms with van der Waals surface area (Å²) in [5.74, 6) is -0.525. The summed E-state index contributed by atoms with van der Waals surface area (Å²) in [4.78, 5) is 13.2. The zero-order valence-corrected chi connectivity index (χ0v) is 20.1. The molecule has 37 heavy (non-hydrogen) atoms. The zero-order chi connectivity index (χ0) is 25.5. The molecule has 0 spiro atoms. The van der Waals surface area contributed by atoms with Crippen molar-refractivity contribution in [2.75, 3.05) is 19.7 Å². The molecule has 1 saturated heterocycles. The molecule has 1 aliphatic heterocycles. The van der Waals surface area contributed by atoms with Crippen LogP contribution in [0, 0.1) is 5.92 Å². The monoisotopic (exact) mass is 493 g/mol. The number of hydrogen-bond donors (Lipinski definition) is 4. The quantitative estimate of drug-likeness (QED) is 0.251. The predicted octanol–water partition coefficient (Wildman–Crippen LogP) is 5.37. The van der Waals surface area contributed by atoms with Crippen molar-refractivity contribution < 1.29 is 19.7 Å². The second-order valence-corrected chi connectivity index (χ2v) is 9.65. The highest BCUT2D eigenvalue weighted by Gasteiger charge is 2.31. The Labute approximate surface area is 213 Å². The molecule has 1 aliphatic rings. The minimum atomic E-state index is -0.392. The number of fused-ring (bicyclic) bond motifs is 3. The Bertz CT molecular complexity index is 1680. The fraction of sp³-hybridized carbons (Fsp3) is 0.194. The molecule has 0 radical (unpaired) electrons. The highest BCUT2D eigenvalue weighted by Crippen LogP contribution is 2.43. The van der Waals surface area contributed by atoms with Crippen molar-refractivity contribution in [2.45, 2.75) is 12.3 Å². The summed E-state index contributed by atoms with van der Waals surface area (Å²) in [6, 6.07) is 21.0. The Morgan fingerprint density at radius 2 is 1.62 bits per heavy atom. The standard InChI is InChI=1S/C31H27NO5/c33-17-20-16-32-12-11-24(20)29-27(35)15-28(36)30-26(34)14-21(37-31(29)30)9-10-25-22-7-3-1-5-18(22)13-19-6-2-4-8-23(19)25/h1-10,13-15,20,24,32-33,35-36H,11-12,16-17H2. The SMILES string of the molecule is O=c1cc(C=Cc2c3ccccc3cc3ccccc23)oc2c(C3CCNCC3CO)c(O)cc(O)c12. The Hall–Kier alpha value is -4.13. The average Bonchev–Trinajstić information content (AvgIpc) is 2.91. The molecule has 2 heterocycles. The second-order valence-electron chi connectivity index (χ2n) is 9.65. The van der Waals surface area contributed by atoms with Gasteiger partial charge in [-0.3, -0.25) is 4.79 Å². The Kier molecular flexibility index (Phi) is 5.91. The maximum absolute atomic E-state index is 13.2. The second kappa shape index (κ2) is 9.39. The number of rotatable bonds is 4. The first-order chi connectivity index (χ1) is 18.0. The lowest BCUT2D eigenvalue weighted by molar-refractivity contribution is 0.178. The Morgan fingerprint density at radius 1 is 0.919 bits per heavy atom. The van der Waals surface area contributed by atoms with E-state index < -0.39 is 5.43 Å². The molecule has 6 nitrogen and oxygen atoms in total. The molecule has 186 valence electrons. The summed E-state index contributed by atoms with van der Waals surface area (Å²) in [5, 5.41) is 39.0. The molecule has 5 aromatic rings. The first-order valence-corrected chi connectivity index (χ1v) is 12.5. The van der Waals surface area contributed by atoms with Crippen LogP contribution in [0.5, 0.6) is 11.5 Å². The van der Waals surface area contributed by atoms with E-state index in [0.717, 1.165) is 27.1 Å². The van der Waals surface area contributed by atoms with E-state index in [0.29, 0.717) is 30.8 Å². The van der Waals surface area contributed by atoms with Crippen LogP contribution in [-0.4, -0.2) is 35.0 Å². The first-order valence-electron chi connectivity index (χ1n) is 12.5. The van der Waals surface area contributed by atoms with Crippen LogP contribution in [0.1, 0.15) is 29.2 Å². The van der Waals surface area contributed by atoms with Crippen molar-refractivity contribution in [1.82, 2.24) is 5.32 Å². The van der Waals surface area contributed by atoms with Crippen LogP contribution < -0.4 is 10.7 Å². The van der Waals surface area contributed by atoms with Gasteiger partial charge < -0.3 is 25.1 Å². The van der Waals surface area contributed by atoms with Crippen LogP contribution in [-0.2, 0) is 0 Å². The molecule has 0 aliphatic carbocycles. The molecule has 1 fully saturated rings. The van der Waals surface area contributed by atoms with Gasteiger partial charge in [-0.05, 0) is 58.1 Å². The highest BCUT2D eigenvalue weighted by molar-refractivity contribution is 6.07. The first kappa shape index (κ1) is 23.3. The lowest BCUT2D eigenvalue weighted by Crippen LogP contribution is -2.37. The molecular formula is C31H27NO5. The number of phenolic OH excluding ortho intramolecular Hbond substituents is 2. The number of nitrogens with one attached hydrogen (secondary N) is 1. The van der Waals surface area contributed by atoms with Crippen molar-refractivity contribution in [3.8, 4) is 11.5 Å². The van der Waals surface area contributed by atoms with Gasteiger partial charge in [-0.1, -0.05) is 54.6 Å². The predicted molar refractivity (Wildman–Crippen MR) is 147 cm³/mol. The van der Waals surface area contributed by atoms with Gasteiger partial charge in [0.05, 0.1) is 0 Å². The number of piperidine rings is 1. The van der Waals surface area contributed by atoms with E-state index >= 15 is 0 Å². The molecule has 1 aromatic heterocycles. The summed E-state index contributed by atoms with van der Waals surface area (Å²) in [5.41, 5.74) is 1.24. The number of aliphatic hydroxyl groups excluding tert-OH is 1. The van der Waals surface area contributed by atoms with Crippen molar-refractivity contribution in [1.29, 1.82) is 0 Å². The molecule has 2 atom stereocenters. The molecular weight excluding hydrogens is 466 g/mol. The number of aromatic hydroxyl groups is 2. The third-order valence-electron chi connectivity index (χ3n) is 7.46. The lowest BCUT2D eigenvalue weighted by atomic mass is 9.80. The van der Waals surface area contributed by atoms with Crippen molar-refractivity contribution in [3.05, 3.63) is 93.8 Å². The number of hydrogen-bond acceptors (Lipinski definition) is 6. The lowest BCUT2D eigenvalue weighted by Gasteiger charge is -2.31. The van der Waals surface area contributed by atoms with Crippen LogP contribution in [0.4, 0.5) is 0 Å². The van der Waals surface area contributed by atoms with Crippen LogP contribution in [0.3, 0.4) is 0 Å². The molecule has 0 bridgehead atoms. The van der Waals surface area contributed by atoms with E-state index in [1.165, 1.54) is 12.1 Å². The average molecular weight is 494 g/mol. The zero-order valence-electron chi connectivity index (χ0n) is 20.1. The topological polar surface area (TPSA) is 103 Å². The normalized spacial score (nSPS) is 18.3. The molecule has 4 N–H and O–H groups in total. The molecule has 0 amide bonds. The highest BCUT2D eigenvalue weighted by atomic mass is 16.3. The van der Waals surface area contributed by atoms with Crippen LogP contribution in [0.2, 0.25) is 0 Å². The van der Waals surface area contributed by atoms with Gasteiger partial charge in [0.25, 0.3) is 0 Å². The smallest absolute Gasteiger partial charge is 0.197 e. The van der Waals surface area contributed by atoms with Crippen LogP contribution in [0.15, 0.2) is 75.9 Å². The summed E-state index contributed by atoms with van der Waals surface area (Å²) in [6.07, 6.45) is 4.36. The Balaban J connectivity index is 1.55. The molecule has 0 saturated carbocycles. The van der Waals surface area contributed by atoms with Gasteiger partial charge >= 0.3 is 0 Å². The third-order valence-corrected chi connectivity index (χ3v) is 7.46. The van der Waals surface area contributed by atoms with Crippen LogP contribution >= 0.6 is 0 Å². The summed E-state index contributed by atoms with van der Waals surface area (Å²) in [6.45, 7) is 1.22. The summed E-state index contributed by atoms with van der Waals surface area (Å²) < 4.78 is 6.22. The molecule has 2 unspecified atom stereocenters. The van der Waals surface area contributed by atoms with E-state index in [1.54, 1.807) is 6.08 Å². The maximum Gasteiger partial charge on any atom is 0.197 e. The van der Waals surface area contributed by atoms with Gasteiger partial charge in [0.1, 0.15) is 28.2 Å². The largest absolute Gasteiger partial charge is 0.507 e. The minimum absolute atomic E-state index is 0.0378. The van der Waals surface area contributed by atoms with Crippen molar-refractivity contribution in [3.63, 3.8) is 0 Å². The Morgan fingerprint density at radius 3 is 2.32 bits per heavy atom. The molecule has 6 rings (SSSR count). The number of phenols is 2. The van der Waals surface area contributed by atoms with E-state index in [1.807, 2.05) is 30.3 Å². The van der Waals surface area contributed by atoms with Crippen molar-refractivity contribution in [2.24, 2.45) is 5.92 Å². The van der Waals surface area contributed by atoms with Gasteiger partial charge in [-0.2, -0.15) is 0 Å². The van der Waals surface area contributed by atoms with Crippen LogP contribution in [0.25, 0.3) is 44.7 Å². The number of aliphatic hydroxyl groups is 1. The molecule has 4 aromatic carbocycles. The van der Waals surface area contributed by atoms with Gasteiger partial charge in [-0.25, -0.2) is 0 Å². The minimum Gasteiger partial charge on any atom is -0.507 e. The summed E-state index contributed by atoms with van der Waals surface area (Å²) in [7, 11) is 0. The summed E-state index contributed by atoms with van der Waals surface area (Å²) >= 11 is 0. The molecule has 6 heteroatoms. The van der Waals surface area contributed by atoms with Crippen molar-refractivity contribution >= 4 is 44.7 Å². The number of benzene rings is 4. The maximum atomic E-state index is 13.2. The third kappa shape index (κ3) is 4.04. The van der Waals surface area contributed by atoms with E-state index in [2.05, 4.69) is 35.6 Å². The fourth-order valence-corrected chi connectivity index (χ4v) is 5.67. The van der Waals surface area contributed by atoms with E-state index in [-0.39, 0.29) is 40.9 Å². The van der Waals surface area contributed by atoms with Gasteiger partial charge in [0, 0.05) is 36.8 Å². The van der Waals surface area contributed by atoms with Gasteiger partial charge in [0.15, 0.2) is 5.43 Å². The van der Waals surface area contributed by atoms with Gasteiger partial charge in [-0.15, -0.1) is 0 Å².